The zero-order chi connectivity index (χ0) is 9.84. The third kappa shape index (κ3) is 3.63. The molecule has 1 heterocycles. The molecule has 0 aliphatic carbocycles. The molecular weight excluding hydrogens is 164 g/mol. The number of aliphatic hydroxyl groups excluding tert-OH is 1. The average Bonchev–Trinajstić information content (AvgIpc) is 2.04. The minimum atomic E-state index is -0.172. The van der Waals surface area contributed by atoms with Crippen LogP contribution < -0.4 is 0 Å². The molecule has 0 amide bonds. The van der Waals surface area contributed by atoms with Crippen molar-refractivity contribution in [1.29, 1.82) is 0 Å². The van der Waals surface area contributed by atoms with E-state index in [-0.39, 0.29) is 6.10 Å². The third-order valence-electron chi connectivity index (χ3n) is 2.84. The van der Waals surface area contributed by atoms with Gasteiger partial charge in [0, 0.05) is 32.2 Å². The van der Waals surface area contributed by atoms with Crippen LogP contribution in [0.4, 0.5) is 0 Å². The van der Waals surface area contributed by atoms with Gasteiger partial charge in [0.25, 0.3) is 0 Å². The highest BCUT2D eigenvalue weighted by atomic mass is 16.3. The van der Waals surface area contributed by atoms with Crippen molar-refractivity contribution >= 4 is 0 Å². The Balaban J connectivity index is 2.27. The maximum atomic E-state index is 9.27. The molecule has 0 aromatic rings. The Labute approximate surface area is 81.3 Å². The highest BCUT2D eigenvalue weighted by Crippen LogP contribution is 2.09. The first-order valence-corrected chi connectivity index (χ1v) is 5.20. The monoisotopic (exact) mass is 186 g/mol. The Hall–Kier alpha value is -0.120. The standard InChI is InChI=1S/C10H22N2O/c1-9(8-10(2)13)12-6-4-11(3)5-7-12/h9-10,13H,4-8H2,1-3H3. The van der Waals surface area contributed by atoms with Gasteiger partial charge in [-0.1, -0.05) is 0 Å². The number of hydrogen-bond acceptors (Lipinski definition) is 3. The first-order chi connectivity index (χ1) is 6.09. The molecule has 1 fully saturated rings. The molecule has 78 valence electrons. The van der Waals surface area contributed by atoms with Crippen molar-refractivity contribution in [3.8, 4) is 0 Å². The van der Waals surface area contributed by atoms with Crippen molar-refractivity contribution in [3.05, 3.63) is 0 Å². The molecule has 1 saturated heterocycles. The molecule has 3 nitrogen and oxygen atoms in total. The predicted molar refractivity (Wildman–Crippen MR) is 54.8 cm³/mol. The summed E-state index contributed by atoms with van der Waals surface area (Å²) >= 11 is 0. The fourth-order valence-corrected chi connectivity index (χ4v) is 1.91. The summed E-state index contributed by atoms with van der Waals surface area (Å²) in [6.07, 6.45) is 0.721. The Kier molecular flexibility index (Phi) is 4.16. The van der Waals surface area contributed by atoms with Crippen molar-refractivity contribution in [2.24, 2.45) is 0 Å². The van der Waals surface area contributed by atoms with E-state index in [1.165, 1.54) is 0 Å². The first-order valence-electron chi connectivity index (χ1n) is 5.20. The maximum absolute atomic E-state index is 9.27. The predicted octanol–water partition coefficient (Wildman–Crippen LogP) is 0.393. The molecule has 3 heteroatoms. The van der Waals surface area contributed by atoms with Gasteiger partial charge in [0.1, 0.15) is 0 Å². The van der Waals surface area contributed by atoms with Crippen LogP contribution in [-0.4, -0.2) is 60.3 Å². The molecule has 1 N–H and O–H groups in total. The van der Waals surface area contributed by atoms with E-state index < -0.39 is 0 Å². The Morgan fingerprint density at radius 1 is 1.15 bits per heavy atom. The average molecular weight is 186 g/mol. The minimum Gasteiger partial charge on any atom is -0.393 e. The van der Waals surface area contributed by atoms with Gasteiger partial charge in [0.05, 0.1) is 6.10 Å². The molecule has 0 radical (unpaired) electrons. The van der Waals surface area contributed by atoms with Crippen LogP contribution in [0.2, 0.25) is 0 Å². The lowest BCUT2D eigenvalue weighted by Gasteiger charge is -2.36. The van der Waals surface area contributed by atoms with Crippen LogP contribution >= 0.6 is 0 Å². The molecule has 0 spiro atoms. The summed E-state index contributed by atoms with van der Waals surface area (Å²) in [7, 11) is 2.16. The number of nitrogens with zero attached hydrogens (tertiary/aromatic N) is 2. The van der Waals surface area contributed by atoms with E-state index in [1.54, 1.807) is 0 Å². The van der Waals surface area contributed by atoms with Crippen molar-refractivity contribution in [3.63, 3.8) is 0 Å². The summed E-state index contributed by atoms with van der Waals surface area (Å²) in [6, 6.07) is 0.522. The van der Waals surface area contributed by atoms with Gasteiger partial charge in [-0.2, -0.15) is 0 Å². The Morgan fingerprint density at radius 2 is 1.69 bits per heavy atom. The Morgan fingerprint density at radius 3 is 2.15 bits per heavy atom. The van der Waals surface area contributed by atoms with Crippen molar-refractivity contribution in [2.75, 3.05) is 33.2 Å². The second kappa shape index (κ2) is 4.94. The summed E-state index contributed by atoms with van der Waals surface area (Å²) in [5, 5.41) is 9.27. The van der Waals surface area contributed by atoms with Gasteiger partial charge in [-0.25, -0.2) is 0 Å². The van der Waals surface area contributed by atoms with Gasteiger partial charge < -0.3 is 10.0 Å². The fourth-order valence-electron chi connectivity index (χ4n) is 1.91. The lowest BCUT2D eigenvalue weighted by molar-refractivity contribution is 0.0822. The smallest absolute Gasteiger partial charge is 0.0526 e. The first kappa shape index (κ1) is 11.0. The lowest BCUT2D eigenvalue weighted by Crippen LogP contribution is -2.48. The summed E-state index contributed by atoms with van der Waals surface area (Å²) in [5.74, 6) is 0. The molecule has 1 rings (SSSR count). The Bertz CT molecular complexity index is 142. The second-order valence-electron chi connectivity index (χ2n) is 4.27. The molecule has 0 saturated carbocycles. The zero-order valence-electron chi connectivity index (χ0n) is 9.03. The van der Waals surface area contributed by atoms with Crippen LogP contribution in [0.5, 0.6) is 0 Å². The van der Waals surface area contributed by atoms with Crippen LogP contribution in [0.25, 0.3) is 0 Å². The van der Waals surface area contributed by atoms with Crippen molar-refractivity contribution < 1.29 is 5.11 Å². The molecule has 1 aliphatic heterocycles. The van der Waals surface area contributed by atoms with E-state index in [1.807, 2.05) is 6.92 Å². The number of likely N-dealkylation sites (N-methyl/N-ethyl adjacent to an activating group) is 1. The van der Waals surface area contributed by atoms with Gasteiger partial charge in [-0.3, -0.25) is 4.90 Å². The molecule has 13 heavy (non-hydrogen) atoms. The van der Waals surface area contributed by atoms with Crippen LogP contribution in [0.3, 0.4) is 0 Å². The van der Waals surface area contributed by atoms with E-state index in [0.717, 1.165) is 32.6 Å². The van der Waals surface area contributed by atoms with E-state index >= 15 is 0 Å². The maximum Gasteiger partial charge on any atom is 0.0526 e. The molecule has 0 aromatic heterocycles. The summed E-state index contributed by atoms with van der Waals surface area (Å²) in [4.78, 5) is 4.82. The lowest BCUT2D eigenvalue weighted by atomic mass is 10.1. The van der Waals surface area contributed by atoms with Gasteiger partial charge in [-0.15, -0.1) is 0 Å². The number of piperazine rings is 1. The van der Waals surface area contributed by atoms with Gasteiger partial charge >= 0.3 is 0 Å². The molecule has 0 bridgehead atoms. The van der Waals surface area contributed by atoms with Crippen LogP contribution in [-0.2, 0) is 0 Å². The molecule has 0 aromatic carbocycles. The van der Waals surface area contributed by atoms with Crippen molar-refractivity contribution in [1.82, 2.24) is 9.80 Å². The third-order valence-corrected chi connectivity index (χ3v) is 2.84. The normalized spacial score (nSPS) is 25.8. The summed E-state index contributed by atoms with van der Waals surface area (Å²) in [5.41, 5.74) is 0. The number of rotatable bonds is 3. The second-order valence-corrected chi connectivity index (χ2v) is 4.27. The molecule has 2 unspecified atom stereocenters. The largest absolute Gasteiger partial charge is 0.393 e. The van der Waals surface area contributed by atoms with Gasteiger partial charge in [-0.05, 0) is 27.3 Å². The topological polar surface area (TPSA) is 26.7 Å². The zero-order valence-corrected chi connectivity index (χ0v) is 9.03. The summed E-state index contributed by atoms with van der Waals surface area (Å²) in [6.45, 7) is 8.67. The number of aliphatic hydroxyl groups is 1. The minimum absolute atomic E-state index is 0.172. The van der Waals surface area contributed by atoms with Crippen molar-refractivity contribution in [2.45, 2.75) is 32.4 Å². The van der Waals surface area contributed by atoms with Gasteiger partial charge in [0.15, 0.2) is 0 Å². The summed E-state index contributed by atoms with van der Waals surface area (Å²) < 4.78 is 0. The van der Waals surface area contributed by atoms with E-state index in [2.05, 4.69) is 23.8 Å². The SMILES string of the molecule is CC(O)CC(C)N1CCN(C)CC1. The van der Waals surface area contributed by atoms with Crippen LogP contribution in [0, 0.1) is 0 Å². The molecular formula is C10H22N2O. The van der Waals surface area contributed by atoms with Gasteiger partial charge in [0.2, 0.25) is 0 Å². The van der Waals surface area contributed by atoms with E-state index in [9.17, 15) is 5.11 Å². The highest BCUT2D eigenvalue weighted by molar-refractivity contribution is 4.75. The molecule has 1 aliphatic rings. The fraction of sp³-hybridized carbons (Fsp3) is 1.00. The highest BCUT2D eigenvalue weighted by Gasteiger charge is 2.19. The van der Waals surface area contributed by atoms with E-state index in [0.29, 0.717) is 6.04 Å². The van der Waals surface area contributed by atoms with E-state index in [4.69, 9.17) is 0 Å². The molecule has 2 atom stereocenters. The number of hydrogen-bond donors (Lipinski definition) is 1. The van der Waals surface area contributed by atoms with Crippen LogP contribution in [0.1, 0.15) is 20.3 Å². The van der Waals surface area contributed by atoms with Crippen LogP contribution in [0.15, 0.2) is 0 Å². The quantitative estimate of drug-likeness (QED) is 0.691.